The van der Waals surface area contributed by atoms with Crippen molar-refractivity contribution in [1.29, 1.82) is 0 Å². The summed E-state index contributed by atoms with van der Waals surface area (Å²) in [6.07, 6.45) is 2.53. The molecule has 1 rings (SSSR count). The van der Waals surface area contributed by atoms with Gasteiger partial charge in [-0.15, -0.1) is 11.6 Å². The molecule has 0 aromatic carbocycles. The lowest BCUT2D eigenvalue weighted by molar-refractivity contribution is -0.422. The minimum absolute atomic E-state index is 0.0374. The number of methoxy groups -OCH3 is 2. The Morgan fingerprint density at radius 1 is 1.56 bits per heavy atom. The van der Waals surface area contributed by atoms with Crippen molar-refractivity contribution in [3.05, 3.63) is 33.7 Å². The first-order valence-electron chi connectivity index (χ1n) is 4.35. The van der Waals surface area contributed by atoms with Gasteiger partial charge in [0.1, 0.15) is 5.38 Å². The Labute approximate surface area is 96.6 Å². The minimum atomic E-state index is -0.928. The maximum atomic E-state index is 11.3. The normalized spacial score (nSPS) is 24.2. The van der Waals surface area contributed by atoms with Crippen LogP contribution in [0.5, 0.6) is 0 Å². The molecule has 0 saturated carbocycles. The van der Waals surface area contributed by atoms with Gasteiger partial charge in [0.2, 0.25) is 0 Å². The van der Waals surface area contributed by atoms with Gasteiger partial charge in [0.05, 0.1) is 25.1 Å². The molecule has 0 spiro atoms. The highest BCUT2D eigenvalue weighted by atomic mass is 35.5. The number of hydrogen-bond acceptors (Lipinski definition) is 5. The van der Waals surface area contributed by atoms with Crippen LogP contribution in [-0.2, 0) is 14.3 Å². The van der Waals surface area contributed by atoms with Crippen molar-refractivity contribution in [2.75, 3.05) is 14.2 Å². The number of carbonyl (C=O) groups is 1. The Morgan fingerprint density at radius 2 is 2.19 bits per heavy atom. The molecule has 0 aromatic rings. The zero-order valence-electron chi connectivity index (χ0n) is 8.68. The van der Waals surface area contributed by atoms with Crippen LogP contribution in [0.15, 0.2) is 23.6 Å². The molecule has 0 aromatic heterocycles. The van der Waals surface area contributed by atoms with Crippen molar-refractivity contribution in [1.82, 2.24) is 0 Å². The fraction of sp³-hybridized carbons (Fsp3) is 0.444. The summed E-state index contributed by atoms with van der Waals surface area (Å²) in [7, 11) is 2.49. The minimum Gasteiger partial charge on any atom is -0.493 e. The van der Waals surface area contributed by atoms with Crippen LogP contribution in [-0.4, -0.2) is 30.5 Å². The van der Waals surface area contributed by atoms with Gasteiger partial charge in [-0.3, -0.25) is 14.9 Å². The first-order chi connectivity index (χ1) is 7.52. The molecule has 0 fully saturated rings. The number of nitrogens with zero attached hydrogens (tertiary/aromatic N) is 1. The third-order valence-electron chi connectivity index (χ3n) is 2.17. The number of carbonyl (C=O) groups excluding carboxylic acids is 1. The molecular formula is C9H10ClNO5. The van der Waals surface area contributed by atoms with Crippen LogP contribution in [0.25, 0.3) is 0 Å². The van der Waals surface area contributed by atoms with E-state index < -0.39 is 22.2 Å². The van der Waals surface area contributed by atoms with Gasteiger partial charge >= 0.3 is 11.7 Å². The molecule has 0 bridgehead atoms. The zero-order chi connectivity index (χ0) is 12.3. The Kier molecular flexibility index (Phi) is 3.89. The summed E-state index contributed by atoms with van der Waals surface area (Å²) >= 11 is 5.92. The summed E-state index contributed by atoms with van der Waals surface area (Å²) in [6, 6.07) is 0. The molecule has 0 aliphatic heterocycles. The van der Waals surface area contributed by atoms with E-state index in [2.05, 4.69) is 4.74 Å². The van der Waals surface area contributed by atoms with E-state index in [1.165, 1.54) is 26.4 Å². The van der Waals surface area contributed by atoms with E-state index in [1.54, 1.807) is 0 Å². The summed E-state index contributed by atoms with van der Waals surface area (Å²) < 4.78 is 9.38. The molecule has 0 heterocycles. The van der Waals surface area contributed by atoms with Crippen LogP contribution in [0.2, 0.25) is 0 Å². The fourth-order valence-corrected chi connectivity index (χ4v) is 1.77. The van der Waals surface area contributed by atoms with Crippen molar-refractivity contribution < 1.29 is 19.2 Å². The monoisotopic (exact) mass is 247 g/mol. The highest BCUT2D eigenvalue weighted by Gasteiger charge is 2.37. The Balaban J connectivity index is 3.06. The van der Waals surface area contributed by atoms with E-state index in [0.717, 1.165) is 0 Å². The van der Waals surface area contributed by atoms with Crippen molar-refractivity contribution in [2.24, 2.45) is 5.92 Å². The van der Waals surface area contributed by atoms with Crippen LogP contribution in [0.1, 0.15) is 0 Å². The van der Waals surface area contributed by atoms with Crippen LogP contribution in [0.3, 0.4) is 0 Å². The standard InChI is InChI=1S/C9H10ClNO5/c1-15-8-6(11(13)14)4-3-5(7(8)10)9(12)16-2/h3-5,7H,1-2H3. The largest absolute Gasteiger partial charge is 0.493 e. The van der Waals surface area contributed by atoms with Crippen LogP contribution >= 0.6 is 11.6 Å². The van der Waals surface area contributed by atoms with E-state index >= 15 is 0 Å². The first-order valence-corrected chi connectivity index (χ1v) is 4.79. The van der Waals surface area contributed by atoms with Gasteiger partial charge < -0.3 is 9.47 Å². The molecule has 0 amide bonds. The quantitative estimate of drug-likeness (QED) is 0.323. The average molecular weight is 248 g/mol. The van der Waals surface area contributed by atoms with Crippen LogP contribution < -0.4 is 0 Å². The molecule has 1 aliphatic carbocycles. The second-order valence-corrected chi connectivity index (χ2v) is 3.49. The van der Waals surface area contributed by atoms with Crippen LogP contribution in [0.4, 0.5) is 0 Å². The summed E-state index contributed by atoms with van der Waals surface area (Å²) in [5, 5.41) is 9.73. The lowest BCUT2D eigenvalue weighted by Crippen LogP contribution is -2.30. The Hall–Kier alpha value is -1.56. The smallest absolute Gasteiger partial charge is 0.314 e. The van der Waals surface area contributed by atoms with Gasteiger partial charge in [-0.1, -0.05) is 6.08 Å². The van der Waals surface area contributed by atoms with Gasteiger partial charge in [0.15, 0.2) is 5.76 Å². The first kappa shape index (κ1) is 12.5. The molecule has 2 atom stereocenters. The second kappa shape index (κ2) is 4.98. The number of esters is 1. The van der Waals surface area contributed by atoms with Gasteiger partial charge in [0.25, 0.3) is 0 Å². The molecule has 2 unspecified atom stereocenters. The SMILES string of the molecule is COC(=O)C1C=CC([N+](=O)[O-])=C(OC)C1Cl. The molecule has 1 aliphatic rings. The fourth-order valence-electron chi connectivity index (χ4n) is 1.38. The van der Waals surface area contributed by atoms with E-state index in [-0.39, 0.29) is 11.5 Å². The predicted molar refractivity (Wildman–Crippen MR) is 55.3 cm³/mol. The molecule has 7 heteroatoms. The Bertz CT molecular complexity index is 376. The third-order valence-corrected chi connectivity index (χ3v) is 2.64. The maximum absolute atomic E-state index is 11.3. The number of rotatable bonds is 3. The average Bonchev–Trinajstić information content (AvgIpc) is 2.27. The predicted octanol–water partition coefficient (Wildman–Crippen LogP) is 1.09. The number of halogens is 1. The molecular weight excluding hydrogens is 238 g/mol. The summed E-state index contributed by atoms with van der Waals surface area (Å²) in [6.45, 7) is 0. The zero-order valence-corrected chi connectivity index (χ0v) is 9.43. The van der Waals surface area contributed by atoms with Gasteiger partial charge in [0, 0.05) is 6.08 Å². The number of alkyl halides is 1. The van der Waals surface area contributed by atoms with Crippen molar-refractivity contribution in [3.8, 4) is 0 Å². The van der Waals surface area contributed by atoms with Crippen LogP contribution in [0, 0.1) is 16.0 Å². The molecule has 0 N–H and O–H groups in total. The molecule has 0 saturated heterocycles. The number of allylic oxidation sites excluding steroid dienone is 2. The van der Waals surface area contributed by atoms with E-state index in [1.807, 2.05) is 0 Å². The maximum Gasteiger partial charge on any atom is 0.314 e. The lowest BCUT2D eigenvalue weighted by atomic mass is 9.97. The third kappa shape index (κ3) is 2.16. The highest BCUT2D eigenvalue weighted by Crippen LogP contribution is 2.30. The van der Waals surface area contributed by atoms with E-state index in [4.69, 9.17) is 16.3 Å². The van der Waals surface area contributed by atoms with E-state index in [9.17, 15) is 14.9 Å². The lowest BCUT2D eigenvalue weighted by Gasteiger charge is -2.21. The molecule has 16 heavy (non-hydrogen) atoms. The summed E-state index contributed by atoms with van der Waals surface area (Å²) in [4.78, 5) is 21.4. The van der Waals surface area contributed by atoms with Crippen molar-refractivity contribution >= 4 is 17.6 Å². The number of nitro groups is 1. The molecule has 0 radical (unpaired) electrons. The van der Waals surface area contributed by atoms with Gasteiger partial charge in [-0.25, -0.2) is 0 Å². The van der Waals surface area contributed by atoms with E-state index in [0.29, 0.717) is 0 Å². The molecule has 6 nitrogen and oxygen atoms in total. The summed E-state index contributed by atoms with van der Waals surface area (Å²) in [5.74, 6) is -1.37. The summed E-state index contributed by atoms with van der Waals surface area (Å²) in [5.41, 5.74) is -0.248. The Morgan fingerprint density at radius 3 is 2.62 bits per heavy atom. The number of hydrogen-bond donors (Lipinski definition) is 0. The number of ether oxygens (including phenoxy) is 2. The van der Waals surface area contributed by atoms with Crippen molar-refractivity contribution in [3.63, 3.8) is 0 Å². The van der Waals surface area contributed by atoms with Gasteiger partial charge in [-0.05, 0) is 0 Å². The highest BCUT2D eigenvalue weighted by molar-refractivity contribution is 6.24. The van der Waals surface area contributed by atoms with Crippen molar-refractivity contribution in [2.45, 2.75) is 5.38 Å². The molecule has 88 valence electrons. The van der Waals surface area contributed by atoms with Gasteiger partial charge in [-0.2, -0.15) is 0 Å². The second-order valence-electron chi connectivity index (χ2n) is 3.02. The topological polar surface area (TPSA) is 78.7 Å².